The van der Waals surface area contributed by atoms with Crippen molar-refractivity contribution in [2.45, 2.75) is 193 Å². The standard InChI is InChI=1S/C48H83O10P/c1-3-5-7-9-11-13-15-17-18-19-20-21-22-23-24-25-26-28-29-31-33-35-37-39-47(51)55-43-46(44-57-59(53,54)56-42-45(50)41-49)58-48(52)40-38-36-34-32-30-27-16-14-12-10-8-6-4-2/h5-8,10-14,16-18,45-46,49-50H,3-4,9,15,19-44H2,1-2H3,(H,53,54)/b7-5+,8-6+,12-10+,13-11+,16-14+,18-17+/t45-,46?/m1/s1. The number of esters is 2. The first-order valence-electron chi connectivity index (χ1n) is 22.9. The summed E-state index contributed by atoms with van der Waals surface area (Å²) >= 11 is 0. The highest BCUT2D eigenvalue weighted by atomic mass is 31.2. The molecule has 340 valence electrons. The molecule has 0 heterocycles. The van der Waals surface area contributed by atoms with Gasteiger partial charge in [0.2, 0.25) is 0 Å². The fraction of sp³-hybridized carbons (Fsp3) is 0.708. The molecule has 0 spiro atoms. The maximum atomic E-state index is 12.6. The summed E-state index contributed by atoms with van der Waals surface area (Å²) in [4.78, 5) is 35.0. The third-order valence-electron chi connectivity index (χ3n) is 9.42. The van der Waals surface area contributed by atoms with Crippen LogP contribution in [0.25, 0.3) is 0 Å². The van der Waals surface area contributed by atoms with Crippen LogP contribution in [0.15, 0.2) is 72.9 Å². The molecule has 0 aromatic carbocycles. The van der Waals surface area contributed by atoms with Crippen molar-refractivity contribution in [3.05, 3.63) is 72.9 Å². The average Bonchev–Trinajstić information content (AvgIpc) is 3.22. The smallest absolute Gasteiger partial charge is 0.462 e. The van der Waals surface area contributed by atoms with Crippen LogP contribution < -0.4 is 0 Å². The van der Waals surface area contributed by atoms with Crippen LogP contribution in [0.1, 0.15) is 181 Å². The van der Waals surface area contributed by atoms with Gasteiger partial charge in [-0.15, -0.1) is 0 Å². The lowest BCUT2D eigenvalue weighted by Gasteiger charge is -2.20. The minimum absolute atomic E-state index is 0.158. The molecule has 3 atom stereocenters. The Bertz CT molecular complexity index is 1210. The zero-order valence-corrected chi connectivity index (χ0v) is 37.8. The van der Waals surface area contributed by atoms with E-state index >= 15 is 0 Å². The van der Waals surface area contributed by atoms with Gasteiger partial charge in [-0.25, -0.2) is 4.57 Å². The zero-order valence-electron chi connectivity index (χ0n) is 36.9. The molecule has 0 saturated heterocycles. The highest BCUT2D eigenvalue weighted by molar-refractivity contribution is 7.47. The van der Waals surface area contributed by atoms with Gasteiger partial charge < -0.3 is 24.6 Å². The second-order valence-corrected chi connectivity index (χ2v) is 16.5. The molecule has 0 bridgehead atoms. The number of unbranched alkanes of at least 4 members (excludes halogenated alkanes) is 18. The van der Waals surface area contributed by atoms with Crippen molar-refractivity contribution >= 4 is 19.8 Å². The number of ether oxygens (including phenoxy) is 2. The highest BCUT2D eigenvalue weighted by Gasteiger charge is 2.27. The first-order chi connectivity index (χ1) is 28.7. The molecule has 0 aromatic heterocycles. The van der Waals surface area contributed by atoms with Crippen molar-refractivity contribution in [3.63, 3.8) is 0 Å². The van der Waals surface area contributed by atoms with Crippen molar-refractivity contribution in [2.24, 2.45) is 0 Å². The molecule has 0 aromatic rings. The van der Waals surface area contributed by atoms with Crippen molar-refractivity contribution in [3.8, 4) is 0 Å². The van der Waals surface area contributed by atoms with Crippen LogP contribution in [0.4, 0.5) is 0 Å². The van der Waals surface area contributed by atoms with Gasteiger partial charge in [0.15, 0.2) is 6.10 Å². The number of aliphatic hydroxyl groups is 2. The van der Waals surface area contributed by atoms with Crippen molar-refractivity contribution in [1.82, 2.24) is 0 Å². The van der Waals surface area contributed by atoms with E-state index in [0.717, 1.165) is 77.0 Å². The number of phosphoric ester groups is 1. The van der Waals surface area contributed by atoms with Crippen LogP contribution in [-0.2, 0) is 32.7 Å². The molecule has 10 nitrogen and oxygen atoms in total. The van der Waals surface area contributed by atoms with Gasteiger partial charge in [0.05, 0.1) is 19.8 Å². The number of hydrogen-bond donors (Lipinski definition) is 3. The summed E-state index contributed by atoms with van der Waals surface area (Å²) in [5, 5.41) is 18.3. The Kier molecular flexibility index (Phi) is 41.6. The predicted molar refractivity (Wildman–Crippen MR) is 242 cm³/mol. The van der Waals surface area contributed by atoms with Crippen LogP contribution in [0, 0.1) is 0 Å². The fourth-order valence-corrected chi connectivity index (χ4v) is 6.74. The van der Waals surface area contributed by atoms with E-state index < -0.39 is 51.8 Å². The van der Waals surface area contributed by atoms with Crippen LogP contribution in [0.5, 0.6) is 0 Å². The number of carbonyl (C=O) groups excluding carboxylic acids is 2. The second-order valence-electron chi connectivity index (χ2n) is 15.1. The van der Waals surface area contributed by atoms with E-state index in [1.165, 1.54) is 64.2 Å². The molecule has 0 radical (unpaired) electrons. The predicted octanol–water partition coefficient (Wildman–Crippen LogP) is 12.4. The highest BCUT2D eigenvalue weighted by Crippen LogP contribution is 2.43. The van der Waals surface area contributed by atoms with Crippen LogP contribution in [0.3, 0.4) is 0 Å². The Morgan fingerprint density at radius 1 is 0.525 bits per heavy atom. The van der Waals surface area contributed by atoms with E-state index in [1.807, 2.05) is 18.2 Å². The number of rotatable bonds is 42. The van der Waals surface area contributed by atoms with Crippen LogP contribution in [-0.4, -0.2) is 65.7 Å². The van der Waals surface area contributed by atoms with E-state index in [0.29, 0.717) is 12.8 Å². The molecule has 3 N–H and O–H groups in total. The van der Waals surface area contributed by atoms with Gasteiger partial charge in [-0.3, -0.25) is 18.6 Å². The van der Waals surface area contributed by atoms with Crippen LogP contribution >= 0.6 is 7.82 Å². The lowest BCUT2D eigenvalue weighted by atomic mass is 10.0. The van der Waals surface area contributed by atoms with E-state index in [2.05, 4.69) is 73.1 Å². The van der Waals surface area contributed by atoms with E-state index in [-0.39, 0.29) is 19.4 Å². The molecule has 0 rings (SSSR count). The summed E-state index contributed by atoms with van der Waals surface area (Å²) < 4.78 is 32.7. The number of hydrogen-bond acceptors (Lipinski definition) is 9. The molecular weight excluding hydrogens is 767 g/mol. The fourth-order valence-electron chi connectivity index (χ4n) is 5.95. The molecule has 0 fully saturated rings. The van der Waals surface area contributed by atoms with E-state index in [9.17, 15) is 24.2 Å². The average molecular weight is 851 g/mol. The molecule has 2 unspecified atom stereocenters. The molecule has 0 aliphatic heterocycles. The molecule has 11 heteroatoms. The summed E-state index contributed by atoms with van der Waals surface area (Å²) in [6, 6.07) is 0. The molecule has 59 heavy (non-hydrogen) atoms. The number of allylic oxidation sites excluding steroid dienone is 12. The molecule has 0 aliphatic rings. The summed E-state index contributed by atoms with van der Waals surface area (Å²) in [6.07, 6.45) is 50.2. The minimum atomic E-state index is -4.63. The maximum absolute atomic E-state index is 12.6. The quantitative estimate of drug-likeness (QED) is 0.0178. The SMILES string of the molecule is CC/C=C/C=C/C=C/CCCCCCCC(=O)OC(COC(=O)CCCCCCCCCCCCCCC/C=C/C/C=C/C/C=C/CC)COP(=O)(O)OC[C@H](O)CO. The first-order valence-corrected chi connectivity index (χ1v) is 24.4. The molecule has 0 aliphatic carbocycles. The second kappa shape index (κ2) is 43.5. The third-order valence-corrected chi connectivity index (χ3v) is 10.4. The monoisotopic (exact) mass is 851 g/mol. The molecule has 0 amide bonds. The molecular formula is C48H83O10P. The van der Waals surface area contributed by atoms with Crippen molar-refractivity contribution < 1.29 is 47.8 Å². The normalized spacial score (nSPS) is 14.5. The maximum Gasteiger partial charge on any atom is 0.472 e. The lowest BCUT2D eigenvalue weighted by Crippen LogP contribution is -2.29. The summed E-state index contributed by atoms with van der Waals surface area (Å²) in [5.74, 6) is -0.953. The zero-order chi connectivity index (χ0) is 43.3. The van der Waals surface area contributed by atoms with Gasteiger partial charge in [-0.05, 0) is 64.2 Å². The largest absolute Gasteiger partial charge is 0.472 e. The lowest BCUT2D eigenvalue weighted by molar-refractivity contribution is -0.161. The molecule has 0 saturated carbocycles. The first kappa shape index (κ1) is 56.4. The topological polar surface area (TPSA) is 149 Å². The van der Waals surface area contributed by atoms with Gasteiger partial charge >= 0.3 is 19.8 Å². The summed E-state index contributed by atoms with van der Waals surface area (Å²) in [7, 11) is -4.63. The van der Waals surface area contributed by atoms with Gasteiger partial charge in [-0.1, -0.05) is 177 Å². The Morgan fingerprint density at radius 3 is 1.51 bits per heavy atom. The van der Waals surface area contributed by atoms with E-state index in [1.54, 1.807) is 0 Å². The Balaban J connectivity index is 4.19. The van der Waals surface area contributed by atoms with E-state index in [4.69, 9.17) is 19.1 Å². The number of phosphoric acid groups is 1. The summed E-state index contributed by atoms with van der Waals surface area (Å²) in [5.41, 5.74) is 0. The van der Waals surface area contributed by atoms with Crippen molar-refractivity contribution in [2.75, 3.05) is 26.4 Å². The third kappa shape index (κ3) is 43.3. The Morgan fingerprint density at radius 2 is 0.966 bits per heavy atom. The Hall–Kier alpha value is -2.59. The summed E-state index contributed by atoms with van der Waals surface area (Å²) in [6.45, 7) is 2.11. The van der Waals surface area contributed by atoms with Gasteiger partial charge in [0.1, 0.15) is 12.7 Å². The van der Waals surface area contributed by atoms with Gasteiger partial charge in [0, 0.05) is 12.8 Å². The minimum Gasteiger partial charge on any atom is -0.462 e. The Labute approximate surface area is 358 Å². The van der Waals surface area contributed by atoms with Crippen LogP contribution in [0.2, 0.25) is 0 Å². The number of aliphatic hydroxyl groups excluding tert-OH is 2. The van der Waals surface area contributed by atoms with Crippen molar-refractivity contribution in [1.29, 1.82) is 0 Å². The van der Waals surface area contributed by atoms with Gasteiger partial charge in [0.25, 0.3) is 0 Å². The number of carbonyl (C=O) groups is 2. The van der Waals surface area contributed by atoms with Gasteiger partial charge in [-0.2, -0.15) is 0 Å².